The number of aromatic nitrogens is 2. The molecule has 3 heterocycles. The number of hydrogen-bond acceptors (Lipinski definition) is 5. The number of carbonyl (C=O) groups is 1. The van der Waals surface area contributed by atoms with Crippen LogP contribution in [0, 0.1) is 5.41 Å². The normalized spacial score (nSPS) is 24.2. The fourth-order valence-electron chi connectivity index (χ4n) is 3.74. The van der Waals surface area contributed by atoms with Crippen molar-refractivity contribution in [3.63, 3.8) is 0 Å². The lowest BCUT2D eigenvalue weighted by Crippen LogP contribution is -2.57. The molecule has 134 valence electrons. The van der Waals surface area contributed by atoms with Crippen molar-refractivity contribution in [1.82, 2.24) is 19.4 Å². The van der Waals surface area contributed by atoms with Gasteiger partial charge in [0.2, 0.25) is 10.0 Å². The molecule has 2 saturated heterocycles. The molecule has 1 unspecified atom stereocenters. The highest BCUT2D eigenvalue weighted by Crippen LogP contribution is 2.41. The van der Waals surface area contributed by atoms with E-state index in [0.717, 1.165) is 19.3 Å². The van der Waals surface area contributed by atoms with Crippen LogP contribution in [0.1, 0.15) is 29.8 Å². The van der Waals surface area contributed by atoms with Crippen molar-refractivity contribution in [1.29, 1.82) is 0 Å². The van der Waals surface area contributed by atoms with E-state index in [1.54, 1.807) is 24.0 Å². The van der Waals surface area contributed by atoms with E-state index in [2.05, 4.69) is 9.82 Å². The zero-order valence-electron chi connectivity index (χ0n) is 14.1. The second kappa shape index (κ2) is 6.45. The van der Waals surface area contributed by atoms with Crippen LogP contribution in [0.15, 0.2) is 12.3 Å². The molecule has 8 nitrogen and oxygen atoms in total. The van der Waals surface area contributed by atoms with Gasteiger partial charge in [0.25, 0.3) is 5.91 Å². The summed E-state index contributed by atoms with van der Waals surface area (Å²) in [5.41, 5.74) is 0.439. The highest BCUT2D eigenvalue weighted by Gasteiger charge is 2.45. The summed E-state index contributed by atoms with van der Waals surface area (Å²) in [6.07, 6.45) is 5.15. The summed E-state index contributed by atoms with van der Waals surface area (Å²) in [5.74, 6) is -0.0236. The summed E-state index contributed by atoms with van der Waals surface area (Å²) in [5, 5.41) is 4.04. The van der Waals surface area contributed by atoms with Gasteiger partial charge in [0.05, 0.1) is 18.9 Å². The van der Waals surface area contributed by atoms with Crippen LogP contribution < -0.4 is 4.72 Å². The number of aryl methyl sites for hydroxylation is 1. The molecular weight excluding hydrogens is 332 g/mol. The number of piperidine rings is 1. The van der Waals surface area contributed by atoms with Crippen molar-refractivity contribution in [2.45, 2.75) is 25.3 Å². The van der Waals surface area contributed by atoms with Gasteiger partial charge < -0.3 is 9.64 Å². The van der Waals surface area contributed by atoms with Gasteiger partial charge in [-0.15, -0.1) is 0 Å². The quantitative estimate of drug-likeness (QED) is 0.822. The molecule has 2 aliphatic rings. The Hall–Kier alpha value is -1.45. The molecule has 3 rings (SSSR count). The van der Waals surface area contributed by atoms with Crippen LogP contribution in [0.25, 0.3) is 0 Å². The van der Waals surface area contributed by atoms with Crippen molar-refractivity contribution in [3.05, 3.63) is 18.0 Å². The SMILES string of the molecule is Cn1nccc1C(=O)N1CCC2(CCOCC2NS(C)(=O)=O)CC1. The number of ether oxygens (including phenoxy) is 1. The highest BCUT2D eigenvalue weighted by molar-refractivity contribution is 7.88. The smallest absolute Gasteiger partial charge is 0.272 e. The molecule has 1 atom stereocenters. The van der Waals surface area contributed by atoms with E-state index < -0.39 is 10.0 Å². The van der Waals surface area contributed by atoms with Gasteiger partial charge >= 0.3 is 0 Å². The molecule has 0 bridgehead atoms. The Kier molecular flexibility index (Phi) is 4.67. The number of likely N-dealkylation sites (tertiary alicyclic amines) is 1. The molecule has 0 radical (unpaired) electrons. The Morgan fingerprint density at radius 3 is 2.67 bits per heavy atom. The number of sulfonamides is 1. The minimum absolute atomic E-state index is 0.0236. The predicted octanol–water partition coefficient (Wildman–Crippen LogP) is -0.0194. The second-order valence-corrected chi connectivity index (χ2v) is 8.54. The average Bonchev–Trinajstić information content (AvgIpc) is 2.95. The maximum atomic E-state index is 12.6. The van der Waals surface area contributed by atoms with Gasteiger partial charge in [0.1, 0.15) is 5.69 Å². The Balaban J connectivity index is 1.70. The summed E-state index contributed by atoms with van der Waals surface area (Å²) in [7, 11) is -1.54. The van der Waals surface area contributed by atoms with Crippen LogP contribution in [-0.4, -0.2) is 67.6 Å². The molecule has 2 fully saturated rings. The standard InChI is InChI=1S/C15H24N4O4S/c1-18-12(3-7-16-18)14(20)19-8-4-15(5-9-19)6-10-23-11-13(15)17-24(2,21)22/h3,7,13,17H,4-6,8-11H2,1-2H3. The third-order valence-corrected chi connectivity index (χ3v) is 5.92. The topological polar surface area (TPSA) is 93.5 Å². The summed E-state index contributed by atoms with van der Waals surface area (Å²) in [6.45, 7) is 2.26. The molecule has 1 amide bonds. The number of hydrogen-bond donors (Lipinski definition) is 1. The van der Waals surface area contributed by atoms with Gasteiger partial charge in [0, 0.05) is 32.9 Å². The van der Waals surface area contributed by atoms with Gasteiger partial charge in [-0.2, -0.15) is 5.10 Å². The molecule has 9 heteroatoms. The Morgan fingerprint density at radius 2 is 2.08 bits per heavy atom. The zero-order chi connectivity index (χ0) is 17.4. The second-order valence-electron chi connectivity index (χ2n) is 6.76. The fraction of sp³-hybridized carbons (Fsp3) is 0.733. The summed E-state index contributed by atoms with van der Waals surface area (Å²) >= 11 is 0. The van der Waals surface area contributed by atoms with E-state index in [1.165, 1.54) is 6.26 Å². The Labute approximate surface area is 142 Å². The summed E-state index contributed by atoms with van der Waals surface area (Å²) in [6, 6.07) is 1.49. The predicted molar refractivity (Wildman–Crippen MR) is 88.0 cm³/mol. The maximum Gasteiger partial charge on any atom is 0.272 e. The Bertz CT molecular complexity index is 707. The lowest BCUT2D eigenvalue weighted by Gasteiger charge is -2.48. The minimum Gasteiger partial charge on any atom is -0.380 e. The van der Waals surface area contributed by atoms with Crippen molar-refractivity contribution in [2.24, 2.45) is 12.5 Å². The third-order valence-electron chi connectivity index (χ3n) is 5.21. The number of amides is 1. The lowest BCUT2D eigenvalue weighted by molar-refractivity contribution is -0.0401. The number of nitrogens with zero attached hydrogens (tertiary/aromatic N) is 3. The molecule has 0 saturated carbocycles. The maximum absolute atomic E-state index is 12.6. The first-order chi connectivity index (χ1) is 11.3. The van der Waals surface area contributed by atoms with Gasteiger partial charge in [-0.3, -0.25) is 9.48 Å². The van der Waals surface area contributed by atoms with Crippen LogP contribution >= 0.6 is 0 Å². The van der Waals surface area contributed by atoms with Gasteiger partial charge in [-0.1, -0.05) is 0 Å². The van der Waals surface area contributed by atoms with Crippen molar-refractivity contribution >= 4 is 15.9 Å². The van der Waals surface area contributed by atoms with Crippen LogP contribution in [0.5, 0.6) is 0 Å². The van der Waals surface area contributed by atoms with Gasteiger partial charge in [-0.25, -0.2) is 13.1 Å². The van der Waals surface area contributed by atoms with E-state index in [1.807, 2.05) is 4.90 Å². The minimum atomic E-state index is -3.29. The van der Waals surface area contributed by atoms with E-state index in [9.17, 15) is 13.2 Å². The zero-order valence-corrected chi connectivity index (χ0v) is 14.9. The molecule has 1 aromatic rings. The van der Waals surface area contributed by atoms with Crippen molar-refractivity contribution in [2.75, 3.05) is 32.6 Å². The van der Waals surface area contributed by atoms with Crippen LogP contribution in [0.4, 0.5) is 0 Å². The molecular formula is C15H24N4O4S. The van der Waals surface area contributed by atoms with Gasteiger partial charge in [0.15, 0.2) is 0 Å². The molecule has 1 N–H and O–H groups in total. The first kappa shape index (κ1) is 17.4. The number of rotatable bonds is 3. The molecule has 24 heavy (non-hydrogen) atoms. The van der Waals surface area contributed by atoms with E-state index in [4.69, 9.17) is 4.74 Å². The van der Waals surface area contributed by atoms with Crippen LogP contribution in [-0.2, 0) is 21.8 Å². The molecule has 0 aromatic carbocycles. The summed E-state index contributed by atoms with van der Waals surface area (Å²) < 4.78 is 33.1. The fourth-order valence-corrected chi connectivity index (χ4v) is 4.58. The molecule has 2 aliphatic heterocycles. The van der Waals surface area contributed by atoms with Gasteiger partial charge in [-0.05, 0) is 30.7 Å². The number of carbonyl (C=O) groups excluding carboxylic acids is 1. The highest BCUT2D eigenvalue weighted by atomic mass is 32.2. The first-order valence-electron chi connectivity index (χ1n) is 8.13. The first-order valence-corrected chi connectivity index (χ1v) is 10.0. The largest absolute Gasteiger partial charge is 0.380 e. The number of nitrogens with one attached hydrogen (secondary N) is 1. The Morgan fingerprint density at radius 1 is 1.38 bits per heavy atom. The van der Waals surface area contributed by atoms with Crippen molar-refractivity contribution in [3.8, 4) is 0 Å². The van der Waals surface area contributed by atoms with E-state index in [0.29, 0.717) is 32.0 Å². The molecule has 1 spiro atoms. The lowest BCUT2D eigenvalue weighted by atomic mass is 9.69. The monoisotopic (exact) mass is 356 g/mol. The molecule has 1 aromatic heterocycles. The van der Waals surface area contributed by atoms with Crippen LogP contribution in [0.2, 0.25) is 0 Å². The van der Waals surface area contributed by atoms with Crippen LogP contribution in [0.3, 0.4) is 0 Å². The third kappa shape index (κ3) is 3.47. The molecule has 0 aliphatic carbocycles. The van der Waals surface area contributed by atoms with Crippen molar-refractivity contribution < 1.29 is 17.9 Å². The van der Waals surface area contributed by atoms with E-state index in [-0.39, 0.29) is 17.4 Å². The summed E-state index contributed by atoms with van der Waals surface area (Å²) in [4.78, 5) is 14.4. The van der Waals surface area contributed by atoms with E-state index >= 15 is 0 Å². The average molecular weight is 356 g/mol.